The van der Waals surface area contributed by atoms with E-state index in [4.69, 9.17) is 5.11 Å². The fourth-order valence-corrected chi connectivity index (χ4v) is 1.86. The first-order valence-electron chi connectivity index (χ1n) is 5.37. The molecule has 0 radical (unpaired) electrons. The van der Waals surface area contributed by atoms with Gasteiger partial charge in [0.1, 0.15) is 5.65 Å². The lowest BCUT2D eigenvalue weighted by Gasteiger charge is -2.03. The quantitative estimate of drug-likeness (QED) is 0.743. The summed E-state index contributed by atoms with van der Waals surface area (Å²) in [5, 5.41) is 8.98. The second kappa shape index (κ2) is 3.96. The van der Waals surface area contributed by atoms with Gasteiger partial charge < -0.3 is 9.51 Å². The molecular weight excluding hydrogens is 230 g/mol. The first kappa shape index (κ1) is 10.5. The van der Waals surface area contributed by atoms with Crippen molar-refractivity contribution < 1.29 is 9.90 Å². The van der Waals surface area contributed by atoms with Gasteiger partial charge in [-0.05, 0) is 24.3 Å². The summed E-state index contributed by atoms with van der Waals surface area (Å²) >= 11 is 0. The number of fused-ring (bicyclic) bond motifs is 1. The summed E-state index contributed by atoms with van der Waals surface area (Å²) in [6.45, 7) is 0. The Labute approximate surface area is 102 Å². The van der Waals surface area contributed by atoms with Crippen LogP contribution in [0.1, 0.15) is 10.4 Å². The zero-order valence-electron chi connectivity index (χ0n) is 9.32. The minimum atomic E-state index is -0.964. The molecule has 3 aromatic rings. The first-order valence-corrected chi connectivity index (χ1v) is 5.37. The molecule has 88 valence electrons. The van der Waals surface area contributed by atoms with Crippen molar-refractivity contribution in [2.24, 2.45) is 0 Å². The van der Waals surface area contributed by atoms with E-state index in [1.807, 2.05) is 28.9 Å². The predicted octanol–water partition coefficient (Wildman–Crippen LogP) is 2.09. The maximum Gasteiger partial charge on any atom is 0.335 e. The van der Waals surface area contributed by atoms with Gasteiger partial charge in [-0.25, -0.2) is 9.78 Å². The summed E-state index contributed by atoms with van der Waals surface area (Å²) in [4.78, 5) is 19.4. The van der Waals surface area contributed by atoms with Crippen molar-refractivity contribution in [3.05, 3.63) is 54.6 Å². The minimum Gasteiger partial charge on any atom is -0.478 e. The molecule has 0 amide bonds. The van der Waals surface area contributed by atoms with Gasteiger partial charge in [0.2, 0.25) is 0 Å². The molecule has 0 saturated carbocycles. The van der Waals surface area contributed by atoms with E-state index in [-0.39, 0.29) is 5.56 Å². The normalized spacial score (nSPS) is 10.7. The number of rotatable bonds is 2. The smallest absolute Gasteiger partial charge is 0.335 e. The molecule has 0 fully saturated rings. The third kappa shape index (κ3) is 1.62. The highest BCUT2D eigenvalue weighted by Gasteiger charge is 2.09. The highest BCUT2D eigenvalue weighted by atomic mass is 16.4. The lowest BCUT2D eigenvalue weighted by molar-refractivity contribution is 0.0697. The van der Waals surface area contributed by atoms with Gasteiger partial charge in [0.15, 0.2) is 0 Å². The molecule has 18 heavy (non-hydrogen) atoms. The maximum absolute atomic E-state index is 10.9. The van der Waals surface area contributed by atoms with Crippen LogP contribution in [0.15, 0.2) is 49.1 Å². The Bertz CT molecular complexity index is 734. The summed E-state index contributed by atoms with van der Waals surface area (Å²) in [5.74, 6) is -0.964. The van der Waals surface area contributed by atoms with Crippen molar-refractivity contribution in [1.29, 1.82) is 0 Å². The third-order valence-electron chi connectivity index (χ3n) is 2.70. The van der Waals surface area contributed by atoms with Crippen molar-refractivity contribution in [2.45, 2.75) is 0 Å². The zero-order chi connectivity index (χ0) is 12.5. The van der Waals surface area contributed by atoms with Gasteiger partial charge in [-0.3, -0.25) is 4.98 Å². The van der Waals surface area contributed by atoms with Crippen LogP contribution in [0.3, 0.4) is 0 Å². The highest BCUT2D eigenvalue weighted by molar-refractivity contribution is 5.89. The van der Waals surface area contributed by atoms with Gasteiger partial charge in [0.25, 0.3) is 0 Å². The fourth-order valence-electron chi connectivity index (χ4n) is 1.86. The number of hydrogen-bond acceptors (Lipinski definition) is 3. The van der Waals surface area contributed by atoms with Crippen LogP contribution in [0.4, 0.5) is 0 Å². The average molecular weight is 239 g/mol. The van der Waals surface area contributed by atoms with Crippen LogP contribution in [0.25, 0.3) is 16.9 Å². The SMILES string of the molecule is O=C(O)c1ccnc(-c2cccn3ccnc23)c1. The highest BCUT2D eigenvalue weighted by Crippen LogP contribution is 2.22. The molecule has 0 bridgehead atoms. The Morgan fingerprint density at radius 2 is 2.06 bits per heavy atom. The lowest BCUT2D eigenvalue weighted by atomic mass is 10.1. The van der Waals surface area contributed by atoms with E-state index in [1.54, 1.807) is 12.3 Å². The van der Waals surface area contributed by atoms with Gasteiger partial charge in [0.05, 0.1) is 11.3 Å². The van der Waals surface area contributed by atoms with Crippen molar-refractivity contribution in [2.75, 3.05) is 0 Å². The zero-order valence-corrected chi connectivity index (χ0v) is 9.32. The van der Waals surface area contributed by atoms with Crippen molar-refractivity contribution >= 4 is 11.6 Å². The second-order valence-electron chi connectivity index (χ2n) is 3.81. The predicted molar refractivity (Wildman–Crippen MR) is 65.4 cm³/mol. The van der Waals surface area contributed by atoms with Crippen LogP contribution in [0.2, 0.25) is 0 Å². The van der Waals surface area contributed by atoms with Crippen LogP contribution in [0.5, 0.6) is 0 Å². The summed E-state index contributed by atoms with van der Waals surface area (Å²) in [7, 11) is 0. The minimum absolute atomic E-state index is 0.216. The van der Waals surface area contributed by atoms with E-state index in [9.17, 15) is 4.79 Å². The Balaban J connectivity index is 2.23. The maximum atomic E-state index is 10.9. The molecule has 0 aliphatic rings. The molecule has 0 unspecified atom stereocenters. The monoisotopic (exact) mass is 239 g/mol. The van der Waals surface area contributed by atoms with Gasteiger partial charge in [-0.15, -0.1) is 0 Å². The summed E-state index contributed by atoms with van der Waals surface area (Å²) < 4.78 is 1.87. The number of imidazole rings is 1. The third-order valence-corrected chi connectivity index (χ3v) is 2.70. The first-order chi connectivity index (χ1) is 8.75. The number of hydrogen-bond donors (Lipinski definition) is 1. The molecule has 0 spiro atoms. The number of carboxylic acid groups (broad SMARTS) is 1. The molecular formula is C13H9N3O2. The molecule has 5 nitrogen and oxygen atoms in total. The Kier molecular flexibility index (Phi) is 2.30. The molecule has 0 aliphatic heterocycles. The number of aromatic carboxylic acids is 1. The average Bonchev–Trinajstić information content (AvgIpc) is 2.87. The molecule has 3 rings (SSSR count). The number of aromatic nitrogens is 3. The lowest BCUT2D eigenvalue weighted by Crippen LogP contribution is -1.98. The van der Waals surface area contributed by atoms with E-state index >= 15 is 0 Å². The summed E-state index contributed by atoms with van der Waals surface area (Å²) in [5.41, 5.74) is 2.39. The Morgan fingerprint density at radius 1 is 1.17 bits per heavy atom. The summed E-state index contributed by atoms with van der Waals surface area (Å²) in [6, 6.07) is 6.76. The van der Waals surface area contributed by atoms with Crippen LogP contribution in [-0.4, -0.2) is 25.4 Å². The van der Waals surface area contributed by atoms with Gasteiger partial charge in [-0.1, -0.05) is 0 Å². The number of pyridine rings is 2. The molecule has 0 aromatic carbocycles. The van der Waals surface area contributed by atoms with E-state index in [2.05, 4.69) is 9.97 Å². The molecule has 0 saturated heterocycles. The topological polar surface area (TPSA) is 67.5 Å². The van der Waals surface area contributed by atoms with E-state index < -0.39 is 5.97 Å². The van der Waals surface area contributed by atoms with E-state index in [0.717, 1.165) is 11.2 Å². The van der Waals surface area contributed by atoms with E-state index in [1.165, 1.54) is 12.3 Å². The van der Waals surface area contributed by atoms with Gasteiger partial charge >= 0.3 is 5.97 Å². The fraction of sp³-hybridized carbons (Fsp3) is 0. The van der Waals surface area contributed by atoms with Crippen molar-refractivity contribution in [1.82, 2.24) is 14.4 Å². The van der Waals surface area contributed by atoms with Gasteiger partial charge in [0, 0.05) is 30.4 Å². The van der Waals surface area contributed by atoms with Crippen LogP contribution in [0, 0.1) is 0 Å². The number of nitrogens with zero attached hydrogens (tertiary/aromatic N) is 3. The molecule has 3 heterocycles. The second-order valence-corrected chi connectivity index (χ2v) is 3.81. The van der Waals surface area contributed by atoms with Crippen molar-refractivity contribution in [3.8, 4) is 11.3 Å². The molecule has 0 aliphatic carbocycles. The van der Waals surface area contributed by atoms with Crippen LogP contribution >= 0.6 is 0 Å². The molecule has 3 aromatic heterocycles. The molecule has 1 N–H and O–H groups in total. The van der Waals surface area contributed by atoms with Crippen molar-refractivity contribution in [3.63, 3.8) is 0 Å². The molecule has 0 atom stereocenters. The standard InChI is InChI=1S/C13H9N3O2/c17-13(18)9-3-4-14-11(8-9)10-2-1-6-16-7-5-15-12(10)16/h1-8H,(H,17,18). The number of carbonyl (C=O) groups is 1. The van der Waals surface area contributed by atoms with E-state index in [0.29, 0.717) is 5.69 Å². The van der Waals surface area contributed by atoms with Crippen LogP contribution < -0.4 is 0 Å². The Morgan fingerprint density at radius 3 is 2.89 bits per heavy atom. The molecule has 5 heteroatoms. The van der Waals surface area contributed by atoms with Gasteiger partial charge in [-0.2, -0.15) is 0 Å². The number of carboxylic acids is 1. The van der Waals surface area contributed by atoms with Crippen LogP contribution in [-0.2, 0) is 0 Å². The Hall–Kier alpha value is -2.69. The summed E-state index contributed by atoms with van der Waals surface area (Å²) in [6.07, 6.45) is 6.90. The largest absolute Gasteiger partial charge is 0.478 e.